The lowest BCUT2D eigenvalue weighted by atomic mass is 9.59. The Balaban J connectivity index is 1.35. The first-order valence-corrected chi connectivity index (χ1v) is 17.5. The lowest BCUT2D eigenvalue weighted by Gasteiger charge is -2.24. The van der Waals surface area contributed by atoms with E-state index in [1.165, 1.54) is 82.2 Å². The highest BCUT2D eigenvalue weighted by molar-refractivity contribution is 6.69. The van der Waals surface area contributed by atoms with Gasteiger partial charge in [0.15, 0.2) is 0 Å². The Labute approximate surface area is 297 Å². The van der Waals surface area contributed by atoms with E-state index in [-0.39, 0.29) is 0 Å². The van der Waals surface area contributed by atoms with Crippen molar-refractivity contribution >= 4 is 110 Å². The highest BCUT2D eigenvalue weighted by atomic mass is 16.3. The highest BCUT2D eigenvalue weighted by Gasteiger charge is 2.23. The maximum atomic E-state index is 6.83. The molecule has 0 saturated carbocycles. The van der Waals surface area contributed by atoms with E-state index in [4.69, 9.17) is 4.42 Å². The van der Waals surface area contributed by atoms with E-state index < -0.39 is 0 Å². The summed E-state index contributed by atoms with van der Waals surface area (Å²) in [7, 11) is 11.4. The van der Waals surface area contributed by atoms with Crippen LogP contribution in [0.4, 0.5) is 0 Å². The zero-order chi connectivity index (χ0) is 34.1. The molecule has 9 rings (SSSR count). The van der Waals surface area contributed by atoms with Crippen molar-refractivity contribution in [3.05, 3.63) is 140 Å². The molecule has 230 valence electrons. The van der Waals surface area contributed by atoms with E-state index in [0.717, 1.165) is 33.1 Å². The largest absolute Gasteiger partial charge is 0.455 e. The van der Waals surface area contributed by atoms with Crippen molar-refractivity contribution in [2.75, 3.05) is 0 Å². The summed E-state index contributed by atoms with van der Waals surface area (Å²) in [5.41, 5.74) is 18.5. The number of para-hydroxylation sites is 1. The van der Waals surface area contributed by atoms with E-state index in [9.17, 15) is 0 Å². The van der Waals surface area contributed by atoms with E-state index >= 15 is 0 Å². The van der Waals surface area contributed by atoms with Gasteiger partial charge in [0.1, 0.15) is 50.4 Å². The number of hydrogen-bond acceptors (Lipinski definition) is 1. The summed E-state index contributed by atoms with van der Waals surface area (Å²) in [5.74, 6) is 0. The summed E-state index contributed by atoms with van der Waals surface area (Å²) in [6, 6.07) is 50.5. The standard InChI is InChI=1S/C44H33B5O/c45-39-38(40(46)42(48)43(49)41(39)47)37-30-17-6-4-15-28(30)35(29-16-5-7-18-31(29)37)32-20-10-22-34-36(32)33-21-9-19-27(44(33)50-34)26-14-8-13-25(23-26)24-11-2-1-3-12-24/h1-23H,45-49H2. The number of benzene rings is 8. The van der Waals surface area contributed by atoms with Crippen molar-refractivity contribution in [3.63, 3.8) is 0 Å². The minimum Gasteiger partial charge on any atom is -0.455 e. The van der Waals surface area contributed by atoms with E-state index in [1.54, 1.807) is 0 Å². The number of hydrogen-bond donors (Lipinski definition) is 0. The van der Waals surface area contributed by atoms with Crippen LogP contribution in [0.3, 0.4) is 0 Å². The predicted molar refractivity (Wildman–Crippen MR) is 231 cm³/mol. The first kappa shape index (κ1) is 30.5. The number of rotatable bonds is 4. The van der Waals surface area contributed by atoms with Gasteiger partial charge in [0.25, 0.3) is 0 Å². The van der Waals surface area contributed by atoms with Gasteiger partial charge in [-0.3, -0.25) is 0 Å². The molecule has 0 aliphatic heterocycles. The molecule has 0 aliphatic rings. The fourth-order valence-electron chi connectivity index (χ4n) is 8.34. The van der Waals surface area contributed by atoms with Gasteiger partial charge in [0.2, 0.25) is 0 Å². The molecule has 0 unspecified atom stereocenters. The molecule has 0 bridgehead atoms. The van der Waals surface area contributed by atoms with Crippen LogP contribution in [-0.2, 0) is 0 Å². The average molecular weight is 632 g/mol. The van der Waals surface area contributed by atoms with Gasteiger partial charge in [0.05, 0.1) is 0 Å². The lowest BCUT2D eigenvalue weighted by molar-refractivity contribution is 0.670. The molecule has 0 amide bonds. The molecule has 6 heteroatoms. The molecule has 50 heavy (non-hydrogen) atoms. The van der Waals surface area contributed by atoms with Crippen molar-refractivity contribution in [2.45, 2.75) is 0 Å². The molecule has 0 spiro atoms. The average Bonchev–Trinajstić information content (AvgIpc) is 3.56. The SMILES string of the molecule is Bc1c(B)c(B)c(-c2c3ccccc3c(-c3cccc4oc5c(-c6cccc(-c7ccccc7)c6)cccc5c34)c3ccccc23)c(B)c1B. The van der Waals surface area contributed by atoms with Gasteiger partial charge in [-0.2, -0.15) is 0 Å². The predicted octanol–water partition coefficient (Wildman–Crippen LogP) is 3.85. The molecule has 1 nitrogen and oxygen atoms in total. The summed E-state index contributed by atoms with van der Waals surface area (Å²) < 4.78 is 6.83. The minimum atomic E-state index is 0.901. The summed E-state index contributed by atoms with van der Waals surface area (Å²) in [4.78, 5) is 0. The van der Waals surface area contributed by atoms with Gasteiger partial charge < -0.3 is 4.42 Å². The van der Waals surface area contributed by atoms with Crippen LogP contribution in [0, 0.1) is 0 Å². The summed E-state index contributed by atoms with van der Waals surface area (Å²) in [5, 5.41) is 7.35. The first-order valence-electron chi connectivity index (χ1n) is 17.5. The molecule has 0 N–H and O–H groups in total. The molecule has 0 fully saturated rings. The fraction of sp³-hybridized carbons (Fsp3) is 0. The monoisotopic (exact) mass is 632 g/mol. The van der Waals surface area contributed by atoms with Crippen molar-refractivity contribution in [1.82, 2.24) is 0 Å². The van der Waals surface area contributed by atoms with Crippen LogP contribution in [-0.4, -0.2) is 39.2 Å². The normalized spacial score (nSPS) is 11.6. The Morgan fingerprint density at radius 1 is 0.340 bits per heavy atom. The second-order valence-corrected chi connectivity index (χ2v) is 13.8. The molecule has 0 aliphatic carbocycles. The Kier molecular flexibility index (Phi) is 7.18. The first-order chi connectivity index (χ1) is 24.4. The fourth-order valence-corrected chi connectivity index (χ4v) is 8.34. The molecule has 1 heterocycles. The molecule has 0 radical (unpaired) electrons. The second kappa shape index (κ2) is 11.8. The van der Waals surface area contributed by atoms with Crippen LogP contribution in [0.2, 0.25) is 0 Å². The number of furan rings is 1. The van der Waals surface area contributed by atoms with Gasteiger partial charge in [-0.25, -0.2) is 0 Å². The Morgan fingerprint density at radius 3 is 1.48 bits per heavy atom. The van der Waals surface area contributed by atoms with Gasteiger partial charge in [0, 0.05) is 16.3 Å². The molecule has 0 saturated heterocycles. The Bertz CT molecular complexity index is 2730. The summed E-state index contributed by atoms with van der Waals surface area (Å²) >= 11 is 0. The molecular weight excluding hydrogens is 599 g/mol. The van der Waals surface area contributed by atoms with E-state index in [0.29, 0.717) is 0 Å². The van der Waals surface area contributed by atoms with Crippen LogP contribution in [0.1, 0.15) is 0 Å². The lowest BCUT2D eigenvalue weighted by Crippen LogP contribution is -2.55. The molecule has 0 atom stereocenters. The smallest absolute Gasteiger partial charge is 0.143 e. The Morgan fingerprint density at radius 2 is 0.820 bits per heavy atom. The molecular formula is C44H33B5O. The highest BCUT2D eigenvalue weighted by Crippen LogP contribution is 2.47. The van der Waals surface area contributed by atoms with Gasteiger partial charge in [-0.15, -0.1) is 16.4 Å². The number of fused-ring (bicyclic) bond motifs is 5. The van der Waals surface area contributed by atoms with Crippen LogP contribution in [0.15, 0.2) is 144 Å². The zero-order valence-electron chi connectivity index (χ0n) is 29.2. The molecule has 9 aromatic rings. The third-order valence-electron chi connectivity index (χ3n) is 11.3. The Hall–Kier alpha value is -5.60. The van der Waals surface area contributed by atoms with Gasteiger partial charge in [-0.05, 0) is 72.6 Å². The summed E-state index contributed by atoms with van der Waals surface area (Å²) in [6.45, 7) is 0. The van der Waals surface area contributed by atoms with Crippen molar-refractivity contribution in [3.8, 4) is 44.5 Å². The maximum Gasteiger partial charge on any atom is 0.143 e. The van der Waals surface area contributed by atoms with Crippen LogP contribution < -0.4 is 27.3 Å². The minimum absolute atomic E-state index is 0.901. The van der Waals surface area contributed by atoms with Crippen LogP contribution in [0.5, 0.6) is 0 Å². The van der Waals surface area contributed by atoms with Crippen LogP contribution >= 0.6 is 0 Å². The summed E-state index contributed by atoms with van der Waals surface area (Å²) in [6.07, 6.45) is 0. The quantitative estimate of drug-likeness (QED) is 0.213. The van der Waals surface area contributed by atoms with Gasteiger partial charge in [-0.1, -0.05) is 138 Å². The van der Waals surface area contributed by atoms with Crippen molar-refractivity contribution in [2.24, 2.45) is 0 Å². The van der Waals surface area contributed by atoms with Crippen LogP contribution in [0.25, 0.3) is 88.0 Å². The maximum absolute atomic E-state index is 6.83. The van der Waals surface area contributed by atoms with Crippen molar-refractivity contribution < 1.29 is 4.42 Å². The second-order valence-electron chi connectivity index (χ2n) is 13.8. The van der Waals surface area contributed by atoms with E-state index in [1.807, 2.05) is 0 Å². The van der Waals surface area contributed by atoms with Gasteiger partial charge >= 0.3 is 0 Å². The van der Waals surface area contributed by atoms with E-state index in [2.05, 4.69) is 179 Å². The topological polar surface area (TPSA) is 13.1 Å². The molecule has 8 aromatic carbocycles. The molecule has 1 aromatic heterocycles. The van der Waals surface area contributed by atoms with Crippen molar-refractivity contribution in [1.29, 1.82) is 0 Å². The zero-order valence-corrected chi connectivity index (χ0v) is 29.2. The third-order valence-corrected chi connectivity index (χ3v) is 11.3. The third kappa shape index (κ3) is 4.55.